The normalized spacial score (nSPS) is 16.9. The molecule has 366 valence electrons. The van der Waals surface area contributed by atoms with Gasteiger partial charge in [0, 0.05) is 42.9 Å². The summed E-state index contributed by atoms with van der Waals surface area (Å²) in [5.41, 5.74) is 10.8. The molecule has 0 heterocycles. The summed E-state index contributed by atoms with van der Waals surface area (Å²) in [6.07, 6.45) is 13.1. The minimum absolute atomic E-state index is 0. The Morgan fingerprint density at radius 3 is 0.923 bits per heavy atom. The van der Waals surface area contributed by atoms with Crippen molar-refractivity contribution in [3.8, 4) is 23.0 Å². The predicted octanol–water partition coefficient (Wildman–Crippen LogP) is 19.4. The standard InChI is InChI=1S/C56H97O4Si4.Zr/c1-35(2)61(36(3)4,37(5)6)57-51-31-33-53(59-63(41(13)14,42(15)16)43(17)18)55-47(27-29-49(51)55)25-26-48-28-30-50-52(58-62(38(7)8,39(9)10)40(11)12)32-34-54(56(48)50)60-64(44(19)20,45(21)22)46(23)24;/h25,27-48H,26H2,1-24H3;/q-1;. The first-order valence-electron chi connectivity index (χ1n) is 25.9. The molecular formula is C56H97O4Si4Zr-. The zero-order chi connectivity index (χ0) is 48.6. The largest absolute Gasteiger partial charge is 0.543 e. The zero-order valence-corrected chi connectivity index (χ0v) is 52.6. The van der Waals surface area contributed by atoms with E-state index in [4.69, 9.17) is 17.7 Å². The molecule has 0 spiro atoms. The van der Waals surface area contributed by atoms with E-state index < -0.39 is 33.3 Å². The van der Waals surface area contributed by atoms with Gasteiger partial charge in [0.2, 0.25) is 0 Å². The molecule has 0 radical (unpaired) electrons. The molecule has 0 aliphatic heterocycles. The summed E-state index contributed by atoms with van der Waals surface area (Å²) in [7, 11) is -9.00. The molecule has 2 aliphatic rings. The molecule has 4 rings (SSSR count). The quantitative estimate of drug-likeness (QED) is 0.0821. The average Bonchev–Trinajstić information content (AvgIpc) is 3.81. The number of allylic oxidation sites excluding steroid dienone is 2. The van der Waals surface area contributed by atoms with Gasteiger partial charge < -0.3 is 24.1 Å². The van der Waals surface area contributed by atoms with Crippen LogP contribution in [-0.2, 0) is 26.2 Å². The van der Waals surface area contributed by atoms with Crippen LogP contribution >= 0.6 is 0 Å². The SMILES string of the molecule is CC(C)[Si](Oc1ccc(O[Si](C(C)C)(C(C)C)C(C)C)c2c1C=CC2[CH-]CC1C=Cc2c(O[Si](C(C)C)(C(C)C)C(C)C)ccc(O[Si](C(C)C)(C(C)C)C(C)C)c21)(C(C)C)C(C)C.[Zr]. The monoisotopic (exact) mass is 1040 g/mol. The van der Waals surface area contributed by atoms with Crippen LogP contribution in [0.4, 0.5) is 0 Å². The Morgan fingerprint density at radius 2 is 0.615 bits per heavy atom. The summed E-state index contributed by atoms with van der Waals surface area (Å²) in [5, 5.41) is 0. The number of benzene rings is 2. The van der Waals surface area contributed by atoms with Gasteiger partial charge in [0.1, 0.15) is 23.0 Å². The first-order valence-corrected chi connectivity index (χ1v) is 34.5. The fraction of sp³-hybridized carbons (Fsp3) is 0.696. The maximum Gasteiger partial charge on any atom is 0.258 e. The number of fused-ring (bicyclic) bond motifs is 2. The van der Waals surface area contributed by atoms with Gasteiger partial charge in [0.25, 0.3) is 33.3 Å². The second-order valence-electron chi connectivity index (χ2n) is 23.8. The van der Waals surface area contributed by atoms with Gasteiger partial charge in [-0.2, -0.15) is 6.42 Å². The van der Waals surface area contributed by atoms with Crippen LogP contribution in [0.25, 0.3) is 12.2 Å². The van der Waals surface area contributed by atoms with Crippen LogP contribution in [0.2, 0.25) is 66.5 Å². The van der Waals surface area contributed by atoms with Crippen LogP contribution in [0.15, 0.2) is 36.4 Å². The molecule has 2 aliphatic carbocycles. The average molecular weight is 1040 g/mol. The van der Waals surface area contributed by atoms with Crippen LogP contribution in [0.5, 0.6) is 23.0 Å². The van der Waals surface area contributed by atoms with Crippen molar-refractivity contribution in [1.29, 1.82) is 0 Å². The fourth-order valence-corrected chi connectivity index (χ4v) is 35.1. The van der Waals surface area contributed by atoms with Gasteiger partial charge >= 0.3 is 0 Å². The molecule has 0 N–H and O–H groups in total. The summed E-state index contributed by atoms with van der Waals surface area (Å²) in [5.74, 6) is 4.48. The van der Waals surface area contributed by atoms with Gasteiger partial charge in [0.05, 0.1) is 0 Å². The molecule has 65 heavy (non-hydrogen) atoms. The van der Waals surface area contributed by atoms with Crippen LogP contribution in [0.1, 0.15) is 207 Å². The van der Waals surface area contributed by atoms with Crippen molar-refractivity contribution in [2.24, 2.45) is 0 Å². The van der Waals surface area contributed by atoms with Gasteiger partial charge in [-0.05, 0) is 102 Å². The molecule has 0 bridgehead atoms. The Hall–Kier alpha value is -1.13. The van der Waals surface area contributed by atoms with E-state index in [1.54, 1.807) is 0 Å². The summed E-state index contributed by atoms with van der Waals surface area (Å²) in [6, 6.07) is 9.12. The van der Waals surface area contributed by atoms with Crippen molar-refractivity contribution in [2.75, 3.05) is 0 Å². The van der Waals surface area contributed by atoms with E-state index >= 15 is 0 Å². The predicted molar refractivity (Wildman–Crippen MR) is 292 cm³/mol. The van der Waals surface area contributed by atoms with Crippen LogP contribution in [-0.4, -0.2) is 33.3 Å². The van der Waals surface area contributed by atoms with E-state index in [1.807, 2.05) is 0 Å². The summed E-state index contributed by atoms with van der Waals surface area (Å²) < 4.78 is 30.4. The van der Waals surface area contributed by atoms with E-state index in [9.17, 15) is 0 Å². The zero-order valence-electron chi connectivity index (χ0n) is 46.1. The van der Waals surface area contributed by atoms with Crippen molar-refractivity contribution in [1.82, 2.24) is 0 Å². The first-order chi connectivity index (χ1) is 29.6. The molecule has 9 heteroatoms. The molecule has 0 aromatic heterocycles. The van der Waals surface area contributed by atoms with Crippen molar-refractivity contribution >= 4 is 45.4 Å². The molecule has 2 aromatic carbocycles. The van der Waals surface area contributed by atoms with E-state index in [-0.39, 0.29) is 38.0 Å². The maximum absolute atomic E-state index is 7.67. The number of hydrogen-bond donors (Lipinski definition) is 0. The van der Waals surface area contributed by atoms with Crippen molar-refractivity contribution in [3.63, 3.8) is 0 Å². The van der Waals surface area contributed by atoms with E-state index in [2.05, 4.69) is 221 Å². The molecule has 0 fully saturated rings. The molecule has 0 saturated carbocycles. The molecular weight excluding hydrogens is 940 g/mol. The molecule has 0 amide bonds. The number of rotatable bonds is 23. The summed E-state index contributed by atoms with van der Waals surface area (Å²) in [6.45, 7) is 57.4. The summed E-state index contributed by atoms with van der Waals surface area (Å²) >= 11 is 0. The van der Waals surface area contributed by atoms with Gasteiger partial charge in [0.15, 0.2) is 0 Å². The van der Waals surface area contributed by atoms with Crippen molar-refractivity contribution in [2.45, 2.75) is 251 Å². The third kappa shape index (κ3) is 10.7. The second-order valence-corrected chi connectivity index (χ2v) is 45.3. The van der Waals surface area contributed by atoms with Crippen LogP contribution in [0, 0.1) is 6.42 Å². The maximum atomic E-state index is 7.67. The minimum atomic E-state index is -2.27. The Balaban J connectivity index is 0.0000112. The van der Waals surface area contributed by atoms with Gasteiger partial charge in [-0.3, -0.25) is 0 Å². The second kappa shape index (κ2) is 22.7. The molecule has 2 aromatic rings. The topological polar surface area (TPSA) is 36.9 Å². The molecule has 4 nitrogen and oxygen atoms in total. The van der Waals surface area contributed by atoms with E-state index in [0.717, 1.165) is 29.4 Å². The molecule has 2 atom stereocenters. The number of hydrogen-bond acceptors (Lipinski definition) is 4. The Labute approximate surface area is 425 Å². The van der Waals surface area contributed by atoms with E-state index in [0.29, 0.717) is 66.5 Å². The third-order valence-electron chi connectivity index (χ3n) is 16.7. The first kappa shape index (κ1) is 58.2. The Kier molecular flexibility index (Phi) is 20.4. The van der Waals surface area contributed by atoms with Crippen LogP contribution < -0.4 is 17.7 Å². The molecule has 0 saturated heterocycles. The van der Waals surface area contributed by atoms with Gasteiger partial charge in [-0.15, -0.1) is 12.0 Å². The third-order valence-corrected chi connectivity index (χ3v) is 40.7. The van der Waals surface area contributed by atoms with Gasteiger partial charge in [-0.1, -0.05) is 184 Å². The smallest absolute Gasteiger partial charge is 0.258 e. The van der Waals surface area contributed by atoms with Crippen LogP contribution in [0.3, 0.4) is 0 Å². The van der Waals surface area contributed by atoms with Crippen molar-refractivity contribution in [3.05, 3.63) is 65.1 Å². The Bertz CT molecular complexity index is 1700. The Morgan fingerprint density at radius 1 is 0.369 bits per heavy atom. The van der Waals surface area contributed by atoms with Crippen molar-refractivity contribution < 1.29 is 43.9 Å². The van der Waals surface area contributed by atoms with Gasteiger partial charge in [-0.25, -0.2) is 0 Å². The molecule has 2 unspecified atom stereocenters. The summed E-state index contributed by atoms with van der Waals surface area (Å²) in [4.78, 5) is 0. The fourth-order valence-electron chi connectivity index (χ4n) is 14.1. The van der Waals surface area contributed by atoms with E-state index in [1.165, 1.54) is 22.3 Å². The minimum Gasteiger partial charge on any atom is -0.543 e.